The quantitative estimate of drug-likeness (QED) is 0.835. The summed E-state index contributed by atoms with van der Waals surface area (Å²) in [6.07, 6.45) is 15.1. The number of ether oxygens (including phenoxy) is 1. The number of piperidine rings is 1. The van der Waals surface area contributed by atoms with Gasteiger partial charge >= 0.3 is 0 Å². The molecule has 1 N–H and O–H groups in total. The van der Waals surface area contributed by atoms with Crippen LogP contribution in [0.5, 0.6) is 5.75 Å². The van der Waals surface area contributed by atoms with E-state index >= 15 is 0 Å². The zero-order valence-corrected chi connectivity index (χ0v) is 17.2. The SMILES string of the molecule is OC1CC2(CCN(CCCc3ccncc3)CC2)Oc2cn(C3CCCC3)nc21. The van der Waals surface area contributed by atoms with Crippen molar-refractivity contribution in [3.05, 3.63) is 42.0 Å². The van der Waals surface area contributed by atoms with Crippen molar-refractivity contribution in [1.82, 2.24) is 19.7 Å². The Bertz CT molecular complexity index is 808. The summed E-state index contributed by atoms with van der Waals surface area (Å²) in [4.78, 5) is 6.63. The number of aliphatic hydroxyl groups is 1. The van der Waals surface area contributed by atoms with E-state index in [1.165, 1.54) is 37.7 Å². The summed E-state index contributed by atoms with van der Waals surface area (Å²) in [6.45, 7) is 3.19. The van der Waals surface area contributed by atoms with E-state index in [1.807, 2.05) is 12.4 Å². The van der Waals surface area contributed by atoms with Gasteiger partial charge in [-0.05, 0) is 62.8 Å². The fourth-order valence-corrected chi connectivity index (χ4v) is 5.32. The van der Waals surface area contributed by atoms with Crippen LogP contribution in [-0.4, -0.2) is 50.0 Å². The van der Waals surface area contributed by atoms with Crippen molar-refractivity contribution >= 4 is 0 Å². The number of fused-ring (bicyclic) bond motifs is 1. The van der Waals surface area contributed by atoms with Gasteiger partial charge in [0.15, 0.2) is 5.75 Å². The van der Waals surface area contributed by atoms with Crippen molar-refractivity contribution in [1.29, 1.82) is 0 Å². The topological polar surface area (TPSA) is 63.4 Å². The van der Waals surface area contributed by atoms with E-state index in [0.29, 0.717) is 12.5 Å². The first-order valence-electron chi connectivity index (χ1n) is 11.3. The number of aryl methyl sites for hydroxylation is 1. The molecule has 1 unspecified atom stereocenters. The highest BCUT2D eigenvalue weighted by atomic mass is 16.5. The summed E-state index contributed by atoms with van der Waals surface area (Å²) in [5, 5.41) is 15.5. The lowest BCUT2D eigenvalue weighted by Crippen LogP contribution is -2.50. The molecule has 2 aromatic rings. The largest absolute Gasteiger partial charge is 0.483 e. The molecule has 156 valence electrons. The first kappa shape index (κ1) is 19.1. The molecule has 1 spiro atoms. The molecule has 1 saturated carbocycles. The number of pyridine rings is 1. The zero-order chi connectivity index (χ0) is 19.7. The molecule has 1 saturated heterocycles. The molecule has 1 atom stereocenters. The molecule has 4 heterocycles. The van der Waals surface area contributed by atoms with Crippen molar-refractivity contribution in [3.8, 4) is 5.75 Å². The molecular formula is C23H32N4O2. The molecule has 2 aromatic heterocycles. The molecule has 0 amide bonds. The summed E-state index contributed by atoms with van der Waals surface area (Å²) < 4.78 is 8.58. The number of aromatic nitrogens is 3. The summed E-state index contributed by atoms with van der Waals surface area (Å²) in [5.74, 6) is 0.821. The van der Waals surface area contributed by atoms with Gasteiger partial charge in [-0.2, -0.15) is 5.10 Å². The van der Waals surface area contributed by atoms with Crippen LogP contribution < -0.4 is 4.74 Å². The van der Waals surface area contributed by atoms with Crippen LogP contribution in [0.4, 0.5) is 0 Å². The zero-order valence-electron chi connectivity index (χ0n) is 17.2. The highest BCUT2D eigenvalue weighted by Crippen LogP contribution is 2.44. The smallest absolute Gasteiger partial charge is 0.163 e. The minimum Gasteiger partial charge on any atom is -0.483 e. The molecule has 0 radical (unpaired) electrons. The highest BCUT2D eigenvalue weighted by molar-refractivity contribution is 5.31. The number of rotatable bonds is 5. The standard InChI is InChI=1S/C23H32N4O2/c28-20-16-23(29-21-17-27(25-22(20)21)19-5-1-2-6-19)9-14-26(15-10-23)13-3-4-18-7-11-24-12-8-18/h7-8,11-12,17,19-20,28H,1-6,9-10,13-16H2. The average Bonchev–Trinajstić information content (AvgIpc) is 3.40. The fourth-order valence-electron chi connectivity index (χ4n) is 5.32. The van der Waals surface area contributed by atoms with Crippen molar-refractivity contribution in [2.45, 2.75) is 75.5 Å². The van der Waals surface area contributed by atoms with Crippen LogP contribution in [0.2, 0.25) is 0 Å². The van der Waals surface area contributed by atoms with E-state index in [9.17, 15) is 5.11 Å². The Morgan fingerprint density at radius 1 is 1.14 bits per heavy atom. The normalized spacial score (nSPS) is 24.5. The summed E-state index contributed by atoms with van der Waals surface area (Å²) in [7, 11) is 0. The second-order valence-electron chi connectivity index (χ2n) is 9.10. The highest BCUT2D eigenvalue weighted by Gasteiger charge is 2.44. The lowest BCUT2D eigenvalue weighted by atomic mass is 9.83. The summed E-state index contributed by atoms with van der Waals surface area (Å²) in [5.41, 5.74) is 1.89. The van der Waals surface area contributed by atoms with Crippen LogP contribution in [0, 0.1) is 0 Å². The first-order chi connectivity index (χ1) is 14.2. The lowest BCUT2D eigenvalue weighted by Gasteiger charge is -2.44. The van der Waals surface area contributed by atoms with E-state index < -0.39 is 6.10 Å². The molecule has 6 heteroatoms. The van der Waals surface area contributed by atoms with Gasteiger partial charge in [0, 0.05) is 31.9 Å². The summed E-state index contributed by atoms with van der Waals surface area (Å²) >= 11 is 0. The van der Waals surface area contributed by atoms with Crippen LogP contribution in [0.15, 0.2) is 30.7 Å². The van der Waals surface area contributed by atoms with E-state index in [1.54, 1.807) is 0 Å². The van der Waals surface area contributed by atoms with Crippen LogP contribution in [0.1, 0.15) is 74.8 Å². The Morgan fingerprint density at radius 2 is 1.90 bits per heavy atom. The van der Waals surface area contributed by atoms with E-state index in [-0.39, 0.29) is 5.60 Å². The molecule has 5 rings (SSSR count). The van der Waals surface area contributed by atoms with Crippen molar-refractivity contribution in [3.63, 3.8) is 0 Å². The van der Waals surface area contributed by atoms with Gasteiger partial charge in [0.25, 0.3) is 0 Å². The number of aliphatic hydroxyl groups excluding tert-OH is 1. The second kappa shape index (κ2) is 8.07. The molecule has 1 aliphatic carbocycles. The number of nitrogens with zero attached hydrogens (tertiary/aromatic N) is 4. The van der Waals surface area contributed by atoms with Crippen molar-refractivity contribution in [2.75, 3.05) is 19.6 Å². The maximum absolute atomic E-state index is 10.8. The molecule has 29 heavy (non-hydrogen) atoms. The molecule has 0 bridgehead atoms. The average molecular weight is 397 g/mol. The number of hydrogen-bond donors (Lipinski definition) is 1. The maximum atomic E-state index is 10.8. The second-order valence-corrected chi connectivity index (χ2v) is 9.10. The molecular weight excluding hydrogens is 364 g/mol. The fraction of sp³-hybridized carbons (Fsp3) is 0.652. The minimum absolute atomic E-state index is 0.225. The van der Waals surface area contributed by atoms with Gasteiger partial charge in [0.1, 0.15) is 17.4 Å². The molecule has 2 fully saturated rings. The Hall–Kier alpha value is -1.92. The van der Waals surface area contributed by atoms with Gasteiger partial charge in [-0.3, -0.25) is 9.67 Å². The third kappa shape index (κ3) is 4.05. The van der Waals surface area contributed by atoms with Crippen LogP contribution in [-0.2, 0) is 6.42 Å². The molecule has 2 aliphatic heterocycles. The van der Waals surface area contributed by atoms with Gasteiger partial charge in [0.05, 0.1) is 12.2 Å². The van der Waals surface area contributed by atoms with Gasteiger partial charge in [-0.15, -0.1) is 0 Å². The first-order valence-corrected chi connectivity index (χ1v) is 11.3. The third-order valence-corrected chi connectivity index (χ3v) is 7.09. The van der Waals surface area contributed by atoms with E-state index in [2.05, 4.69) is 32.9 Å². The molecule has 0 aromatic carbocycles. The monoisotopic (exact) mass is 396 g/mol. The van der Waals surface area contributed by atoms with Gasteiger partial charge in [-0.1, -0.05) is 12.8 Å². The summed E-state index contributed by atoms with van der Waals surface area (Å²) in [6, 6.07) is 4.69. The van der Waals surface area contributed by atoms with Gasteiger partial charge in [0.2, 0.25) is 0 Å². The number of hydrogen-bond acceptors (Lipinski definition) is 5. The number of likely N-dealkylation sites (tertiary alicyclic amines) is 1. The third-order valence-electron chi connectivity index (χ3n) is 7.09. The van der Waals surface area contributed by atoms with Gasteiger partial charge < -0.3 is 14.7 Å². The van der Waals surface area contributed by atoms with Crippen LogP contribution >= 0.6 is 0 Å². The Labute approximate surface area is 172 Å². The Morgan fingerprint density at radius 3 is 2.66 bits per heavy atom. The van der Waals surface area contributed by atoms with Crippen molar-refractivity contribution in [2.24, 2.45) is 0 Å². The minimum atomic E-state index is -0.500. The maximum Gasteiger partial charge on any atom is 0.163 e. The van der Waals surface area contributed by atoms with Gasteiger partial charge in [-0.25, -0.2) is 0 Å². The predicted octanol–water partition coefficient (Wildman–Crippen LogP) is 3.68. The van der Waals surface area contributed by atoms with Crippen molar-refractivity contribution < 1.29 is 9.84 Å². The molecule has 3 aliphatic rings. The van der Waals surface area contributed by atoms with E-state index in [4.69, 9.17) is 9.84 Å². The Balaban J connectivity index is 1.17. The van der Waals surface area contributed by atoms with Crippen LogP contribution in [0.3, 0.4) is 0 Å². The molecule has 6 nitrogen and oxygen atoms in total. The lowest BCUT2D eigenvalue weighted by molar-refractivity contribution is -0.0547. The predicted molar refractivity (Wildman–Crippen MR) is 111 cm³/mol. The Kier molecular flexibility index (Phi) is 5.31. The van der Waals surface area contributed by atoms with E-state index in [0.717, 1.165) is 50.3 Å². The van der Waals surface area contributed by atoms with Crippen LogP contribution in [0.25, 0.3) is 0 Å².